The molecule has 0 saturated carbocycles. The Labute approximate surface area is 91.4 Å². The Balaban J connectivity index is 4.00. The van der Waals surface area contributed by atoms with Gasteiger partial charge in [0.05, 0.1) is 7.11 Å². The summed E-state index contributed by atoms with van der Waals surface area (Å²) in [7, 11) is 1.30. The number of esters is 1. The van der Waals surface area contributed by atoms with Crippen molar-refractivity contribution >= 4 is 11.9 Å². The first-order chi connectivity index (χ1) is 7.02. The van der Waals surface area contributed by atoms with Crippen LogP contribution in [0.3, 0.4) is 0 Å². The first kappa shape index (κ1) is 13.9. The first-order valence-corrected chi connectivity index (χ1v) is 5.38. The lowest BCUT2D eigenvalue weighted by atomic mass is 10.1. The molecule has 0 rings (SSSR count). The van der Waals surface area contributed by atoms with E-state index in [4.69, 9.17) is 0 Å². The first-order valence-electron chi connectivity index (χ1n) is 5.38. The van der Waals surface area contributed by atoms with Crippen LogP contribution in [-0.4, -0.2) is 25.5 Å². The lowest BCUT2D eigenvalue weighted by Crippen LogP contribution is -2.36. The maximum Gasteiger partial charge on any atom is 0.318 e. The zero-order valence-electron chi connectivity index (χ0n) is 10.0. The fourth-order valence-corrected chi connectivity index (χ4v) is 1.21. The monoisotopic (exact) mass is 215 g/mol. The summed E-state index contributed by atoms with van der Waals surface area (Å²) in [4.78, 5) is 22.7. The largest absolute Gasteiger partial charge is 0.468 e. The van der Waals surface area contributed by atoms with Gasteiger partial charge in [0.25, 0.3) is 0 Å². The van der Waals surface area contributed by atoms with Gasteiger partial charge in [0.15, 0.2) is 0 Å². The van der Waals surface area contributed by atoms with Crippen molar-refractivity contribution in [3.8, 4) is 0 Å². The van der Waals surface area contributed by atoms with Crippen molar-refractivity contribution in [1.82, 2.24) is 5.32 Å². The van der Waals surface area contributed by atoms with E-state index in [9.17, 15) is 9.59 Å². The van der Waals surface area contributed by atoms with Crippen molar-refractivity contribution in [1.29, 1.82) is 0 Å². The second-order valence-electron chi connectivity index (χ2n) is 3.96. The van der Waals surface area contributed by atoms with Gasteiger partial charge in [0.2, 0.25) is 5.91 Å². The quantitative estimate of drug-likeness (QED) is 0.537. The predicted molar refractivity (Wildman–Crippen MR) is 58.3 cm³/mol. The normalized spacial score (nSPS) is 12.3. The van der Waals surface area contributed by atoms with Crippen LogP contribution in [0.2, 0.25) is 0 Å². The van der Waals surface area contributed by atoms with E-state index in [1.165, 1.54) is 7.11 Å². The summed E-state index contributed by atoms with van der Waals surface area (Å²) in [6.07, 6.45) is 1.39. The highest BCUT2D eigenvalue weighted by Crippen LogP contribution is 2.05. The van der Waals surface area contributed by atoms with Crippen LogP contribution in [0.25, 0.3) is 0 Å². The molecule has 0 aliphatic heterocycles. The average Bonchev–Trinajstić information content (AvgIpc) is 2.18. The van der Waals surface area contributed by atoms with Crippen molar-refractivity contribution < 1.29 is 14.3 Å². The van der Waals surface area contributed by atoms with Crippen molar-refractivity contribution in [2.24, 2.45) is 11.8 Å². The van der Waals surface area contributed by atoms with E-state index in [1.54, 1.807) is 6.92 Å². The van der Waals surface area contributed by atoms with Crippen LogP contribution < -0.4 is 5.32 Å². The molecule has 0 aromatic carbocycles. The van der Waals surface area contributed by atoms with Crippen LogP contribution in [0.5, 0.6) is 0 Å². The number of ether oxygens (including phenoxy) is 1. The van der Waals surface area contributed by atoms with Gasteiger partial charge < -0.3 is 10.1 Å². The van der Waals surface area contributed by atoms with E-state index in [1.807, 2.05) is 0 Å². The number of nitrogens with one attached hydrogen (secondary N) is 1. The number of carbonyl (C=O) groups excluding carboxylic acids is 2. The number of hydrogen-bond acceptors (Lipinski definition) is 3. The van der Waals surface area contributed by atoms with Crippen molar-refractivity contribution in [2.75, 3.05) is 13.7 Å². The zero-order chi connectivity index (χ0) is 11.8. The van der Waals surface area contributed by atoms with Gasteiger partial charge in [-0.2, -0.15) is 0 Å². The van der Waals surface area contributed by atoms with Crippen LogP contribution >= 0.6 is 0 Å². The molecule has 1 atom stereocenters. The van der Waals surface area contributed by atoms with Crippen molar-refractivity contribution in [3.63, 3.8) is 0 Å². The highest BCUT2D eigenvalue weighted by Gasteiger charge is 2.24. The van der Waals surface area contributed by atoms with Gasteiger partial charge in [0, 0.05) is 6.54 Å². The average molecular weight is 215 g/mol. The molecule has 15 heavy (non-hydrogen) atoms. The molecule has 4 nitrogen and oxygen atoms in total. The minimum Gasteiger partial charge on any atom is -0.468 e. The van der Waals surface area contributed by atoms with E-state index < -0.39 is 11.9 Å². The predicted octanol–water partition coefficient (Wildman–Crippen LogP) is 1.35. The molecule has 0 saturated heterocycles. The Morgan fingerprint density at radius 1 is 1.33 bits per heavy atom. The summed E-state index contributed by atoms with van der Waals surface area (Å²) in [5, 5.41) is 2.74. The molecule has 0 fully saturated rings. The Hall–Kier alpha value is -1.06. The molecule has 1 unspecified atom stereocenters. The Morgan fingerprint density at radius 2 is 1.93 bits per heavy atom. The van der Waals surface area contributed by atoms with Gasteiger partial charge in [-0.1, -0.05) is 20.8 Å². The molecule has 1 N–H and O–H groups in total. The van der Waals surface area contributed by atoms with E-state index in [-0.39, 0.29) is 5.91 Å². The van der Waals surface area contributed by atoms with Gasteiger partial charge in [-0.25, -0.2) is 0 Å². The fourth-order valence-electron chi connectivity index (χ4n) is 1.21. The third-order valence-electron chi connectivity index (χ3n) is 2.23. The topological polar surface area (TPSA) is 55.4 Å². The molecule has 4 heteroatoms. The van der Waals surface area contributed by atoms with Gasteiger partial charge in [-0.3, -0.25) is 9.59 Å². The van der Waals surface area contributed by atoms with Crippen LogP contribution in [0, 0.1) is 11.8 Å². The molecule has 0 spiro atoms. The summed E-state index contributed by atoms with van der Waals surface area (Å²) in [5.74, 6) is -0.810. The lowest BCUT2D eigenvalue weighted by Gasteiger charge is -2.13. The maximum absolute atomic E-state index is 11.5. The Kier molecular flexibility index (Phi) is 6.75. The standard InChI is InChI=1S/C11H21NO3/c1-5-9(11(14)15-4)10(13)12-7-6-8(2)3/h8-9H,5-7H2,1-4H3,(H,12,13). The lowest BCUT2D eigenvalue weighted by molar-refractivity contribution is -0.150. The van der Waals surface area contributed by atoms with Crippen LogP contribution in [0.1, 0.15) is 33.6 Å². The van der Waals surface area contributed by atoms with E-state index >= 15 is 0 Å². The molecular formula is C11H21NO3. The molecule has 0 bridgehead atoms. The van der Waals surface area contributed by atoms with Crippen LogP contribution in [0.4, 0.5) is 0 Å². The number of rotatable bonds is 6. The minimum absolute atomic E-state index is 0.231. The minimum atomic E-state index is -0.665. The summed E-state index contributed by atoms with van der Waals surface area (Å²) >= 11 is 0. The van der Waals surface area contributed by atoms with Crippen LogP contribution in [-0.2, 0) is 14.3 Å². The maximum atomic E-state index is 11.5. The highest BCUT2D eigenvalue weighted by molar-refractivity contribution is 5.97. The second-order valence-corrected chi connectivity index (χ2v) is 3.96. The molecule has 0 aliphatic carbocycles. The van der Waals surface area contributed by atoms with Gasteiger partial charge in [0.1, 0.15) is 5.92 Å². The Morgan fingerprint density at radius 3 is 2.33 bits per heavy atom. The summed E-state index contributed by atoms with van der Waals surface area (Å²) in [5.41, 5.74) is 0. The third kappa shape index (κ3) is 5.40. The Bertz CT molecular complexity index is 214. The molecule has 0 radical (unpaired) electrons. The molecular weight excluding hydrogens is 194 g/mol. The summed E-state index contributed by atoms with van der Waals surface area (Å²) in [6.45, 7) is 6.58. The molecule has 0 aliphatic rings. The zero-order valence-corrected chi connectivity index (χ0v) is 10.0. The molecule has 0 aromatic heterocycles. The van der Waals surface area contributed by atoms with Crippen molar-refractivity contribution in [3.05, 3.63) is 0 Å². The van der Waals surface area contributed by atoms with E-state index in [2.05, 4.69) is 23.9 Å². The molecule has 1 amide bonds. The highest BCUT2D eigenvalue weighted by atomic mass is 16.5. The van der Waals surface area contributed by atoms with Crippen molar-refractivity contribution in [2.45, 2.75) is 33.6 Å². The molecule has 0 aromatic rings. The summed E-state index contributed by atoms with van der Waals surface area (Å²) < 4.78 is 4.55. The van der Waals surface area contributed by atoms with Gasteiger partial charge in [-0.15, -0.1) is 0 Å². The van der Waals surface area contributed by atoms with Gasteiger partial charge >= 0.3 is 5.97 Å². The molecule has 88 valence electrons. The van der Waals surface area contributed by atoms with E-state index in [0.717, 1.165) is 6.42 Å². The summed E-state index contributed by atoms with van der Waals surface area (Å²) in [6, 6.07) is 0. The van der Waals surface area contributed by atoms with E-state index in [0.29, 0.717) is 18.9 Å². The number of hydrogen-bond donors (Lipinski definition) is 1. The number of carbonyl (C=O) groups is 2. The SMILES string of the molecule is CCC(C(=O)NCCC(C)C)C(=O)OC. The number of methoxy groups -OCH3 is 1. The van der Waals surface area contributed by atoms with Crippen LogP contribution in [0.15, 0.2) is 0 Å². The van der Waals surface area contributed by atoms with Gasteiger partial charge in [-0.05, 0) is 18.8 Å². The smallest absolute Gasteiger partial charge is 0.318 e. The third-order valence-corrected chi connectivity index (χ3v) is 2.23. The molecule has 0 heterocycles. The fraction of sp³-hybridized carbons (Fsp3) is 0.818. The second kappa shape index (κ2) is 7.26. The number of amides is 1.